The molecule has 0 aliphatic carbocycles. The number of carbonyl (C=O) groups excluding carboxylic acids is 1. The number of piperazine rings is 1. The van der Waals surface area contributed by atoms with Crippen LogP contribution in [0.2, 0.25) is 0 Å². The SMILES string of the molecule is Cc1cccc(N2CCN(S(=O)(=O)CC(=O)Nc3ccccc3-c3ccccc3)CC2)c1. The number of hydrogen-bond donors (Lipinski definition) is 1. The monoisotopic (exact) mass is 449 g/mol. The normalized spacial score (nSPS) is 14.8. The van der Waals surface area contributed by atoms with E-state index >= 15 is 0 Å². The van der Waals surface area contributed by atoms with Crippen molar-refractivity contribution in [2.45, 2.75) is 6.92 Å². The van der Waals surface area contributed by atoms with E-state index < -0.39 is 21.7 Å². The Kier molecular flexibility index (Phi) is 6.58. The summed E-state index contributed by atoms with van der Waals surface area (Å²) in [7, 11) is -3.70. The van der Waals surface area contributed by atoms with Gasteiger partial charge < -0.3 is 10.2 Å². The summed E-state index contributed by atoms with van der Waals surface area (Å²) < 4.78 is 27.2. The van der Waals surface area contributed by atoms with E-state index in [-0.39, 0.29) is 0 Å². The van der Waals surface area contributed by atoms with Gasteiger partial charge >= 0.3 is 0 Å². The van der Waals surface area contributed by atoms with Gasteiger partial charge in [-0.05, 0) is 36.2 Å². The average molecular weight is 450 g/mol. The van der Waals surface area contributed by atoms with Gasteiger partial charge in [0.15, 0.2) is 0 Å². The predicted molar refractivity (Wildman–Crippen MR) is 129 cm³/mol. The molecule has 1 amide bonds. The molecule has 1 aliphatic rings. The molecule has 0 atom stereocenters. The van der Waals surface area contributed by atoms with Crippen LogP contribution in [-0.4, -0.2) is 50.6 Å². The lowest BCUT2D eigenvalue weighted by Gasteiger charge is -2.35. The minimum absolute atomic E-state index is 0.365. The summed E-state index contributed by atoms with van der Waals surface area (Å²) in [6.07, 6.45) is 0. The second kappa shape index (κ2) is 9.54. The number of carbonyl (C=O) groups is 1. The number of rotatable bonds is 6. The number of aryl methyl sites for hydroxylation is 1. The number of para-hydroxylation sites is 1. The third-order valence-electron chi connectivity index (χ3n) is 5.60. The zero-order valence-corrected chi connectivity index (χ0v) is 18.9. The number of hydrogen-bond acceptors (Lipinski definition) is 4. The first kappa shape index (κ1) is 22.0. The highest BCUT2D eigenvalue weighted by Gasteiger charge is 2.29. The lowest BCUT2D eigenvalue weighted by atomic mass is 10.0. The highest BCUT2D eigenvalue weighted by atomic mass is 32.2. The zero-order chi connectivity index (χ0) is 22.6. The minimum atomic E-state index is -3.70. The molecule has 0 aromatic heterocycles. The maximum absolute atomic E-state index is 12.9. The second-order valence-electron chi connectivity index (χ2n) is 7.94. The van der Waals surface area contributed by atoms with E-state index in [1.165, 1.54) is 9.87 Å². The van der Waals surface area contributed by atoms with E-state index in [0.717, 1.165) is 16.8 Å². The van der Waals surface area contributed by atoms with Gasteiger partial charge in [-0.1, -0.05) is 60.7 Å². The molecule has 166 valence electrons. The highest BCUT2D eigenvalue weighted by Crippen LogP contribution is 2.27. The van der Waals surface area contributed by atoms with Gasteiger partial charge in [-0.15, -0.1) is 0 Å². The van der Waals surface area contributed by atoms with E-state index in [1.807, 2.05) is 73.7 Å². The van der Waals surface area contributed by atoms with Crippen LogP contribution < -0.4 is 10.2 Å². The van der Waals surface area contributed by atoms with Crippen molar-refractivity contribution in [1.82, 2.24) is 4.31 Å². The minimum Gasteiger partial charge on any atom is -0.369 e. The van der Waals surface area contributed by atoms with Gasteiger partial charge in [0.1, 0.15) is 5.75 Å². The summed E-state index contributed by atoms with van der Waals surface area (Å²) in [5.41, 5.74) is 4.68. The molecule has 1 N–H and O–H groups in total. The first-order valence-corrected chi connectivity index (χ1v) is 12.3. The molecule has 0 spiro atoms. The predicted octanol–water partition coefficient (Wildman–Crippen LogP) is 3.75. The van der Waals surface area contributed by atoms with Crippen molar-refractivity contribution in [3.63, 3.8) is 0 Å². The van der Waals surface area contributed by atoms with Crippen LogP contribution in [0.4, 0.5) is 11.4 Å². The van der Waals surface area contributed by atoms with Gasteiger partial charge in [0.2, 0.25) is 15.9 Å². The molecule has 0 radical (unpaired) electrons. The molecule has 32 heavy (non-hydrogen) atoms. The molecule has 0 unspecified atom stereocenters. The second-order valence-corrected chi connectivity index (χ2v) is 9.91. The molecule has 1 fully saturated rings. The molecular formula is C25H27N3O3S. The summed E-state index contributed by atoms with van der Waals surface area (Å²) in [5, 5.41) is 2.79. The fourth-order valence-corrected chi connectivity index (χ4v) is 5.26. The molecule has 3 aromatic rings. The van der Waals surface area contributed by atoms with Crippen molar-refractivity contribution < 1.29 is 13.2 Å². The largest absolute Gasteiger partial charge is 0.369 e. The molecule has 0 bridgehead atoms. The van der Waals surface area contributed by atoms with Crippen LogP contribution >= 0.6 is 0 Å². The molecule has 6 nitrogen and oxygen atoms in total. The topological polar surface area (TPSA) is 69.7 Å². The third kappa shape index (κ3) is 5.18. The van der Waals surface area contributed by atoms with Gasteiger partial charge in [0.25, 0.3) is 0 Å². The fourth-order valence-electron chi connectivity index (χ4n) is 3.95. The number of sulfonamides is 1. The Morgan fingerprint density at radius 3 is 2.28 bits per heavy atom. The van der Waals surface area contributed by atoms with E-state index in [9.17, 15) is 13.2 Å². The highest BCUT2D eigenvalue weighted by molar-refractivity contribution is 7.89. The van der Waals surface area contributed by atoms with Crippen LogP contribution in [0.25, 0.3) is 11.1 Å². The zero-order valence-electron chi connectivity index (χ0n) is 18.1. The molecule has 7 heteroatoms. The van der Waals surface area contributed by atoms with Crippen LogP contribution in [0.3, 0.4) is 0 Å². The molecule has 4 rings (SSSR count). The third-order valence-corrected chi connectivity index (χ3v) is 7.38. The summed E-state index contributed by atoms with van der Waals surface area (Å²) in [4.78, 5) is 14.8. The lowest BCUT2D eigenvalue weighted by molar-refractivity contribution is -0.113. The van der Waals surface area contributed by atoms with E-state index in [2.05, 4.69) is 16.3 Å². The standard InChI is InChI=1S/C25H27N3O3S/c1-20-8-7-11-22(18-20)27-14-16-28(17-15-27)32(30,31)19-25(29)26-24-13-6-5-12-23(24)21-9-3-2-4-10-21/h2-13,18H,14-17,19H2,1H3,(H,26,29). The fraction of sp³-hybridized carbons (Fsp3) is 0.240. The van der Waals surface area contributed by atoms with Crippen LogP contribution in [0.15, 0.2) is 78.9 Å². The van der Waals surface area contributed by atoms with Gasteiger partial charge in [-0.3, -0.25) is 4.79 Å². The van der Waals surface area contributed by atoms with Crippen LogP contribution in [0.5, 0.6) is 0 Å². The van der Waals surface area contributed by atoms with Gasteiger partial charge in [-0.25, -0.2) is 8.42 Å². The Balaban J connectivity index is 1.39. The van der Waals surface area contributed by atoms with E-state index in [1.54, 1.807) is 6.07 Å². The van der Waals surface area contributed by atoms with Crippen molar-refractivity contribution in [3.05, 3.63) is 84.4 Å². The van der Waals surface area contributed by atoms with Crippen LogP contribution in [-0.2, 0) is 14.8 Å². The average Bonchev–Trinajstić information content (AvgIpc) is 2.80. The van der Waals surface area contributed by atoms with Crippen molar-refractivity contribution in [2.75, 3.05) is 42.1 Å². The number of benzene rings is 3. The molecule has 1 aliphatic heterocycles. The molecule has 3 aromatic carbocycles. The number of nitrogens with one attached hydrogen (secondary N) is 1. The summed E-state index contributed by atoms with van der Waals surface area (Å²) >= 11 is 0. The Hall–Kier alpha value is -3.16. The molecular weight excluding hydrogens is 422 g/mol. The smallest absolute Gasteiger partial charge is 0.241 e. The van der Waals surface area contributed by atoms with Crippen molar-refractivity contribution >= 4 is 27.3 Å². The van der Waals surface area contributed by atoms with Crippen molar-refractivity contribution in [1.29, 1.82) is 0 Å². The summed E-state index contributed by atoms with van der Waals surface area (Å²) in [6, 6.07) is 25.3. The van der Waals surface area contributed by atoms with Gasteiger partial charge in [0, 0.05) is 43.1 Å². The molecule has 0 saturated carbocycles. The van der Waals surface area contributed by atoms with E-state index in [4.69, 9.17) is 0 Å². The summed E-state index contributed by atoms with van der Waals surface area (Å²) in [6.45, 7) is 3.97. The van der Waals surface area contributed by atoms with Gasteiger partial charge in [0.05, 0.1) is 0 Å². The quantitative estimate of drug-likeness (QED) is 0.622. The Bertz CT molecular complexity index is 1190. The number of nitrogens with zero attached hydrogens (tertiary/aromatic N) is 2. The Morgan fingerprint density at radius 2 is 1.56 bits per heavy atom. The maximum Gasteiger partial charge on any atom is 0.241 e. The number of anilines is 2. The van der Waals surface area contributed by atoms with Crippen LogP contribution in [0.1, 0.15) is 5.56 Å². The molecule has 1 heterocycles. The van der Waals surface area contributed by atoms with Crippen molar-refractivity contribution in [3.8, 4) is 11.1 Å². The Labute approximate surface area is 189 Å². The first-order chi connectivity index (χ1) is 15.4. The van der Waals surface area contributed by atoms with Crippen LogP contribution in [0, 0.1) is 6.92 Å². The lowest BCUT2D eigenvalue weighted by Crippen LogP contribution is -2.50. The first-order valence-electron chi connectivity index (χ1n) is 10.7. The molecule has 1 saturated heterocycles. The summed E-state index contributed by atoms with van der Waals surface area (Å²) in [5.74, 6) is -1.10. The van der Waals surface area contributed by atoms with Crippen molar-refractivity contribution in [2.24, 2.45) is 0 Å². The Morgan fingerprint density at radius 1 is 0.875 bits per heavy atom. The van der Waals surface area contributed by atoms with Gasteiger partial charge in [-0.2, -0.15) is 4.31 Å². The maximum atomic E-state index is 12.9. The van der Waals surface area contributed by atoms with E-state index in [0.29, 0.717) is 31.9 Å². The number of amides is 1.